The number of amides is 1. The minimum atomic E-state index is -5.34. The van der Waals surface area contributed by atoms with Gasteiger partial charge < -0.3 is 24.3 Å². The van der Waals surface area contributed by atoms with Crippen LogP contribution < -0.4 is 19.5 Å². The Kier molecular flexibility index (Phi) is 6.84. The fraction of sp³-hybridized carbons (Fsp3) is 0.174. The highest BCUT2D eigenvalue weighted by molar-refractivity contribution is 6.31. The Morgan fingerprint density at radius 3 is 2.41 bits per heavy atom. The average Bonchev–Trinajstić information content (AvgIpc) is 2.84. The number of carbonyl (C=O) groups is 2. The number of aryl methyl sites for hydroxylation is 1. The van der Waals surface area contributed by atoms with Crippen LogP contribution in [0.4, 0.5) is 27.6 Å². The Morgan fingerprint density at radius 2 is 1.76 bits per heavy atom. The van der Waals surface area contributed by atoms with Gasteiger partial charge in [0, 0.05) is 11.9 Å². The molecule has 0 unspecified atom stereocenters. The van der Waals surface area contributed by atoms with Gasteiger partial charge in [-0.2, -0.15) is 4.39 Å². The van der Waals surface area contributed by atoms with Crippen molar-refractivity contribution in [3.8, 4) is 23.0 Å². The molecule has 0 bridgehead atoms. The Labute approximate surface area is 215 Å². The number of rotatable bonds is 7. The average molecular weight is 550 g/mol. The number of esters is 1. The first kappa shape index (κ1) is 23.3. The number of hydrogen-bond acceptors (Lipinski definition) is 7. The second-order valence-corrected chi connectivity index (χ2v) is 7.43. The number of benzene rings is 2. The van der Waals surface area contributed by atoms with Crippen LogP contribution in [0.15, 0.2) is 36.5 Å². The van der Waals surface area contributed by atoms with Gasteiger partial charge in [0.15, 0.2) is 17.3 Å². The number of halogens is 6. The molecule has 3 rings (SSSR count). The van der Waals surface area contributed by atoms with E-state index in [1.165, 1.54) is 13.1 Å². The molecule has 0 aliphatic heterocycles. The maximum absolute atomic E-state index is 15.1. The van der Waals surface area contributed by atoms with Crippen molar-refractivity contribution in [3.05, 3.63) is 70.0 Å². The minimum Gasteiger partial charge on any atom is -0.490 e. The maximum atomic E-state index is 15.1. The fourth-order valence-electron chi connectivity index (χ4n) is 2.91. The summed E-state index contributed by atoms with van der Waals surface area (Å²) in [6.07, 6.45) is -4.12. The van der Waals surface area contributed by atoms with Crippen molar-refractivity contribution in [2.75, 3.05) is 19.5 Å². The first-order valence-corrected chi connectivity index (χ1v) is 10.2. The third-order valence-electron chi connectivity index (χ3n) is 4.60. The lowest BCUT2D eigenvalue weighted by atomic mass is 10.1. The number of hydrogen-bond donors (Lipinski definition) is 1. The lowest BCUT2D eigenvalue weighted by Gasteiger charge is -2.17. The molecular weight excluding hydrogens is 531 g/mol. The Hall–Kier alpha value is -4.13. The molecule has 1 aromatic heterocycles. The maximum Gasteiger partial charge on any atom is 0.573 e. The molecule has 0 saturated heterocycles. The van der Waals surface area contributed by atoms with Crippen molar-refractivity contribution in [2.45, 2.75) is 13.3 Å². The summed E-state index contributed by atoms with van der Waals surface area (Å²) in [5.74, 6) is -9.59. The molecule has 1 N–H and O–H groups in total. The molecule has 37 heavy (non-hydrogen) atoms. The molecule has 14 heteroatoms. The zero-order valence-corrected chi connectivity index (χ0v) is 19.4. The van der Waals surface area contributed by atoms with E-state index >= 15 is 4.39 Å². The summed E-state index contributed by atoms with van der Waals surface area (Å²) in [5, 5.41) is 1.78. The fourth-order valence-corrected chi connectivity index (χ4v) is 3.06. The van der Waals surface area contributed by atoms with Crippen LogP contribution in [0.25, 0.3) is 0 Å². The second-order valence-electron chi connectivity index (χ2n) is 7.02. The van der Waals surface area contributed by atoms with Crippen molar-refractivity contribution < 1.29 is 54.6 Å². The Bertz CT molecular complexity index is 1470. The van der Waals surface area contributed by atoms with E-state index in [0.717, 1.165) is 25.3 Å². The molecule has 196 valence electrons. The number of anilines is 1. The van der Waals surface area contributed by atoms with Crippen LogP contribution in [-0.2, 0) is 4.74 Å². The predicted molar refractivity (Wildman–Crippen MR) is 119 cm³/mol. The van der Waals surface area contributed by atoms with E-state index < -0.39 is 70.5 Å². The highest BCUT2D eigenvalue weighted by Gasteiger charge is 2.34. The zero-order chi connectivity index (χ0) is 30.0. The molecule has 3 aromatic rings. The molecule has 0 aliphatic carbocycles. The van der Waals surface area contributed by atoms with Gasteiger partial charge in [0.05, 0.1) is 23.3 Å². The van der Waals surface area contributed by atoms with Gasteiger partial charge in [-0.1, -0.05) is 11.6 Å². The van der Waals surface area contributed by atoms with Gasteiger partial charge in [-0.3, -0.25) is 4.79 Å². The first-order valence-electron chi connectivity index (χ1n) is 11.3. The van der Waals surface area contributed by atoms with Gasteiger partial charge in [-0.25, -0.2) is 14.2 Å². The van der Waals surface area contributed by atoms with Crippen molar-refractivity contribution in [1.82, 2.24) is 4.98 Å². The summed E-state index contributed by atoms with van der Waals surface area (Å²) >= 11 is 5.81. The number of ether oxygens (including phenoxy) is 4. The molecule has 8 nitrogen and oxygen atoms in total. The summed E-state index contributed by atoms with van der Waals surface area (Å²) in [6, 6.07) is 4.13. The lowest BCUT2D eigenvalue weighted by Crippen LogP contribution is -2.18. The van der Waals surface area contributed by atoms with Gasteiger partial charge in [0.2, 0.25) is 11.6 Å². The van der Waals surface area contributed by atoms with Gasteiger partial charge >= 0.3 is 12.3 Å². The molecule has 1 amide bonds. The highest BCUT2D eigenvalue weighted by Crippen LogP contribution is 2.41. The van der Waals surface area contributed by atoms with E-state index in [0.29, 0.717) is 17.7 Å². The van der Waals surface area contributed by atoms with E-state index in [4.69, 9.17) is 20.5 Å². The van der Waals surface area contributed by atoms with Gasteiger partial charge in [-0.15, -0.1) is 13.2 Å². The molecule has 0 saturated carbocycles. The van der Waals surface area contributed by atoms with Gasteiger partial charge in [-0.05, 0) is 42.8 Å². The standard InChI is InChI=1S/C23H16ClF5N2O6/c1-10-9-30-13(22(33)35-3)8-12(10)31-21(32)17-14(5-4-11(24)18(17)25)36-16-7-6-15(37-23(27,28)29)19(26)20(16)34-2/h4-9H,1-3H3,(H,30,31,32)/i2D3. The minimum absolute atomic E-state index is 0.00292. The van der Waals surface area contributed by atoms with E-state index in [1.54, 1.807) is 0 Å². The van der Waals surface area contributed by atoms with Gasteiger partial charge in [0.1, 0.15) is 17.0 Å². The summed E-state index contributed by atoms with van der Waals surface area (Å²) in [4.78, 5) is 28.8. The lowest BCUT2D eigenvalue weighted by molar-refractivity contribution is -0.275. The number of nitrogens with zero attached hydrogens (tertiary/aromatic N) is 1. The van der Waals surface area contributed by atoms with Crippen molar-refractivity contribution in [3.63, 3.8) is 0 Å². The van der Waals surface area contributed by atoms with E-state index in [1.807, 2.05) is 0 Å². The zero-order valence-electron chi connectivity index (χ0n) is 21.6. The summed E-state index contributed by atoms with van der Waals surface area (Å²) in [7, 11) is -2.28. The monoisotopic (exact) mass is 549 g/mol. The Morgan fingerprint density at radius 1 is 1.08 bits per heavy atom. The molecule has 0 atom stereocenters. The van der Waals surface area contributed by atoms with Crippen LogP contribution in [0.3, 0.4) is 0 Å². The van der Waals surface area contributed by atoms with E-state index in [9.17, 15) is 27.2 Å². The molecule has 0 spiro atoms. The number of alkyl halides is 3. The summed E-state index contributed by atoms with van der Waals surface area (Å²) in [5.41, 5.74) is -0.743. The molecule has 1 heterocycles. The SMILES string of the molecule is [2H]C([2H])([2H])Oc1c(Oc2ccc(Cl)c(F)c2C(=O)Nc2cc(C(=O)OC)ncc2C)ccc(OC(F)(F)F)c1F. The van der Waals surface area contributed by atoms with Crippen molar-refractivity contribution in [2.24, 2.45) is 0 Å². The Balaban J connectivity index is 2.08. The highest BCUT2D eigenvalue weighted by atomic mass is 35.5. The van der Waals surface area contributed by atoms with Crippen LogP contribution in [0.2, 0.25) is 5.02 Å². The third-order valence-corrected chi connectivity index (χ3v) is 4.89. The second kappa shape index (κ2) is 10.9. The van der Waals surface area contributed by atoms with Crippen LogP contribution in [0.1, 0.15) is 30.5 Å². The predicted octanol–water partition coefficient (Wildman–Crippen LogP) is 6.06. The number of methoxy groups -OCH3 is 2. The number of aromatic nitrogens is 1. The quantitative estimate of drug-likeness (QED) is 0.283. The van der Waals surface area contributed by atoms with Crippen LogP contribution in [0.5, 0.6) is 23.0 Å². The number of carbonyl (C=O) groups excluding carboxylic acids is 2. The first-order chi connectivity index (χ1) is 18.5. The topological polar surface area (TPSA) is 96.0 Å². The molecule has 0 aliphatic rings. The van der Waals surface area contributed by atoms with Gasteiger partial charge in [0.25, 0.3) is 5.91 Å². The summed E-state index contributed by atoms with van der Waals surface area (Å²) < 4.78 is 108. The number of nitrogens with one attached hydrogen (secondary N) is 1. The van der Waals surface area contributed by atoms with Crippen molar-refractivity contribution >= 4 is 29.2 Å². The molecule has 0 fully saturated rings. The molecular formula is C23H16ClF5N2O6. The molecule has 0 radical (unpaired) electrons. The smallest absolute Gasteiger partial charge is 0.490 e. The van der Waals surface area contributed by atoms with Crippen LogP contribution in [-0.4, -0.2) is 37.4 Å². The van der Waals surface area contributed by atoms with Crippen LogP contribution in [0, 0.1) is 18.6 Å². The van der Waals surface area contributed by atoms with E-state index in [2.05, 4.69) is 24.5 Å². The van der Waals surface area contributed by atoms with Crippen molar-refractivity contribution in [1.29, 1.82) is 0 Å². The van der Waals surface area contributed by atoms with Crippen LogP contribution >= 0.6 is 11.6 Å². The molecule has 2 aromatic carbocycles. The largest absolute Gasteiger partial charge is 0.573 e. The normalized spacial score (nSPS) is 12.6. The summed E-state index contributed by atoms with van der Waals surface area (Å²) in [6.45, 7) is 1.50. The third kappa shape index (κ3) is 6.17. The van der Waals surface area contributed by atoms with E-state index in [-0.39, 0.29) is 11.4 Å². The number of pyridine rings is 1.